The third kappa shape index (κ3) is 3.77. The van der Waals surface area contributed by atoms with Gasteiger partial charge in [0.1, 0.15) is 5.75 Å². The van der Waals surface area contributed by atoms with Crippen molar-refractivity contribution in [3.8, 4) is 11.4 Å². The summed E-state index contributed by atoms with van der Waals surface area (Å²) in [5.74, 6) is 0.926. The number of ether oxygens (including phenoxy) is 1. The molecule has 0 atom stereocenters. The molecule has 1 amide bonds. The molecule has 2 aromatic carbocycles. The number of piperazine rings is 1. The Hall–Kier alpha value is -3.28. The van der Waals surface area contributed by atoms with E-state index in [0.29, 0.717) is 18.7 Å². The Morgan fingerprint density at radius 2 is 1.73 bits per heavy atom. The molecule has 1 aliphatic heterocycles. The molecular formula is C24H28N4O2. The smallest absolute Gasteiger partial charge is 0.257 e. The summed E-state index contributed by atoms with van der Waals surface area (Å²) in [5, 5.41) is 4.53. The predicted octanol–water partition coefficient (Wildman–Crippen LogP) is 3.71. The van der Waals surface area contributed by atoms with Crippen molar-refractivity contribution in [1.82, 2.24) is 14.7 Å². The van der Waals surface area contributed by atoms with Crippen LogP contribution in [0.25, 0.3) is 5.69 Å². The molecule has 4 rings (SSSR count). The second-order valence-corrected chi connectivity index (χ2v) is 7.56. The minimum Gasteiger partial charge on any atom is -0.495 e. The fourth-order valence-electron chi connectivity index (χ4n) is 4.01. The van der Waals surface area contributed by atoms with Crippen LogP contribution in [0, 0.1) is 6.92 Å². The maximum absolute atomic E-state index is 13.3. The van der Waals surface area contributed by atoms with Gasteiger partial charge in [-0.2, -0.15) is 5.10 Å². The number of aromatic nitrogens is 2. The fraction of sp³-hybridized carbons (Fsp3) is 0.333. The minimum atomic E-state index is 0.0601. The van der Waals surface area contributed by atoms with Crippen LogP contribution < -0.4 is 9.64 Å². The average molecular weight is 405 g/mol. The molecule has 0 spiro atoms. The first-order chi connectivity index (χ1) is 14.6. The van der Waals surface area contributed by atoms with Crippen molar-refractivity contribution in [2.75, 3.05) is 38.2 Å². The van der Waals surface area contributed by atoms with E-state index in [1.54, 1.807) is 13.3 Å². The third-order valence-electron chi connectivity index (χ3n) is 5.71. The minimum absolute atomic E-state index is 0.0601. The summed E-state index contributed by atoms with van der Waals surface area (Å²) in [7, 11) is 1.69. The Bertz CT molecular complexity index is 1020. The molecule has 1 saturated heterocycles. The van der Waals surface area contributed by atoms with Crippen molar-refractivity contribution >= 4 is 11.6 Å². The van der Waals surface area contributed by atoms with E-state index in [2.05, 4.69) is 42.0 Å². The third-order valence-corrected chi connectivity index (χ3v) is 5.71. The molecule has 0 unspecified atom stereocenters. The van der Waals surface area contributed by atoms with E-state index in [1.165, 1.54) is 5.56 Å². The highest BCUT2D eigenvalue weighted by molar-refractivity contribution is 5.95. The number of amides is 1. The lowest BCUT2D eigenvalue weighted by molar-refractivity contribution is 0.0745. The highest BCUT2D eigenvalue weighted by Gasteiger charge is 2.26. The summed E-state index contributed by atoms with van der Waals surface area (Å²) in [6, 6.07) is 16.2. The van der Waals surface area contributed by atoms with Crippen molar-refractivity contribution in [3.63, 3.8) is 0 Å². The monoisotopic (exact) mass is 404 g/mol. The van der Waals surface area contributed by atoms with Crippen LogP contribution in [0.2, 0.25) is 0 Å². The Morgan fingerprint density at radius 1 is 1.03 bits per heavy atom. The molecule has 30 heavy (non-hydrogen) atoms. The van der Waals surface area contributed by atoms with Crippen LogP contribution in [-0.4, -0.2) is 53.9 Å². The SMILES string of the molecule is CCc1c(C(=O)N2CCN(c3ccccc3OC)CC2)cnn1-c1ccc(C)cc1. The predicted molar refractivity (Wildman–Crippen MR) is 119 cm³/mol. The van der Waals surface area contributed by atoms with Gasteiger partial charge >= 0.3 is 0 Å². The fourth-order valence-corrected chi connectivity index (χ4v) is 4.01. The maximum atomic E-state index is 13.3. The van der Waals surface area contributed by atoms with Gasteiger partial charge in [-0.15, -0.1) is 0 Å². The van der Waals surface area contributed by atoms with Crippen LogP contribution in [0.4, 0.5) is 5.69 Å². The van der Waals surface area contributed by atoms with Crippen LogP contribution in [0.5, 0.6) is 5.75 Å². The lowest BCUT2D eigenvalue weighted by Crippen LogP contribution is -2.49. The zero-order chi connectivity index (χ0) is 21.1. The Kier molecular flexibility index (Phi) is 5.74. The lowest BCUT2D eigenvalue weighted by Gasteiger charge is -2.36. The van der Waals surface area contributed by atoms with Gasteiger partial charge in [0.25, 0.3) is 5.91 Å². The van der Waals surface area contributed by atoms with Crippen LogP contribution in [0.1, 0.15) is 28.5 Å². The number of para-hydroxylation sites is 2. The highest BCUT2D eigenvalue weighted by atomic mass is 16.5. The summed E-state index contributed by atoms with van der Waals surface area (Å²) in [4.78, 5) is 17.5. The van der Waals surface area contributed by atoms with Gasteiger partial charge < -0.3 is 14.5 Å². The van der Waals surface area contributed by atoms with E-state index in [1.807, 2.05) is 39.9 Å². The Labute approximate surface area is 177 Å². The zero-order valence-corrected chi connectivity index (χ0v) is 17.8. The summed E-state index contributed by atoms with van der Waals surface area (Å²) in [5.41, 5.74) is 4.92. The van der Waals surface area contributed by atoms with Crippen molar-refractivity contribution in [3.05, 3.63) is 71.5 Å². The number of carbonyl (C=O) groups is 1. The first-order valence-electron chi connectivity index (χ1n) is 10.4. The number of anilines is 1. The topological polar surface area (TPSA) is 50.6 Å². The molecule has 1 fully saturated rings. The number of carbonyl (C=O) groups excluding carboxylic acids is 1. The summed E-state index contributed by atoms with van der Waals surface area (Å²) in [6.07, 6.45) is 2.46. The normalized spacial score (nSPS) is 14.1. The molecule has 6 heteroatoms. The molecule has 0 bridgehead atoms. The lowest BCUT2D eigenvalue weighted by atomic mass is 10.1. The van der Waals surface area contributed by atoms with Crippen molar-refractivity contribution < 1.29 is 9.53 Å². The van der Waals surface area contributed by atoms with E-state index in [9.17, 15) is 4.79 Å². The first-order valence-corrected chi connectivity index (χ1v) is 10.4. The molecule has 2 heterocycles. The number of rotatable bonds is 5. The quantitative estimate of drug-likeness (QED) is 0.650. The van der Waals surface area contributed by atoms with Crippen LogP contribution in [-0.2, 0) is 6.42 Å². The van der Waals surface area contributed by atoms with E-state index in [4.69, 9.17) is 4.74 Å². The van der Waals surface area contributed by atoms with E-state index >= 15 is 0 Å². The largest absolute Gasteiger partial charge is 0.495 e. The molecular weight excluding hydrogens is 376 g/mol. The molecule has 6 nitrogen and oxygen atoms in total. The standard InChI is InChI=1S/C24H28N4O2/c1-4-21-20(17-25-28(21)19-11-9-18(2)10-12-19)24(29)27-15-13-26(14-16-27)22-7-5-6-8-23(22)30-3/h5-12,17H,4,13-16H2,1-3H3. The van der Waals surface area contributed by atoms with Gasteiger partial charge in [0, 0.05) is 26.2 Å². The number of hydrogen-bond acceptors (Lipinski definition) is 4. The second-order valence-electron chi connectivity index (χ2n) is 7.56. The number of hydrogen-bond donors (Lipinski definition) is 0. The molecule has 0 saturated carbocycles. The van der Waals surface area contributed by atoms with Gasteiger partial charge in [0.2, 0.25) is 0 Å². The van der Waals surface area contributed by atoms with E-state index in [0.717, 1.165) is 42.3 Å². The summed E-state index contributed by atoms with van der Waals surface area (Å²) < 4.78 is 7.38. The first kappa shape index (κ1) is 20.0. The average Bonchev–Trinajstić information content (AvgIpc) is 3.23. The molecule has 1 aromatic heterocycles. The van der Waals surface area contributed by atoms with Gasteiger partial charge in [-0.05, 0) is 37.6 Å². The summed E-state index contributed by atoms with van der Waals surface area (Å²) >= 11 is 0. The Balaban J connectivity index is 1.50. The number of nitrogens with zero attached hydrogens (tertiary/aromatic N) is 4. The van der Waals surface area contributed by atoms with E-state index in [-0.39, 0.29) is 5.91 Å². The number of methoxy groups -OCH3 is 1. The number of benzene rings is 2. The zero-order valence-electron chi connectivity index (χ0n) is 17.8. The van der Waals surface area contributed by atoms with E-state index < -0.39 is 0 Å². The van der Waals surface area contributed by atoms with Crippen LogP contribution >= 0.6 is 0 Å². The molecule has 3 aromatic rings. The summed E-state index contributed by atoms with van der Waals surface area (Å²) in [6.45, 7) is 7.04. The molecule has 0 N–H and O–H groups in total. The second kappa shape index (κ2) is 8.61. The maximum Gasteiger partial charge on any atom is 0.257 e. The van der Waals surface area contributed by atoms with Crippen LogP contribution in [0.3, 0.4) is 0 Å². The van der Waals surface area contributed by atoms with Gasteiger partial charge in [0.05, 0.1) is 35.9 Å². The molecule has 0 aliphatic carbocycles. The molecule has 1 aliphatic rings. The Morgan fingerprint density at radius 3 is 2.40 bits per heavy atom. The van der Waals surface area contributed by atoms with Gasteiger partial charge in [-0.25, -0.2) is 4.68 Å². The van der Waals surface area contributed by atoms with Crippen LogP contribution in [0.15, 0.2) is 54.7 Å². The van der Waals surface area contributed by atoms with Crippen molar-refractivity contribution in [2.45, 2.75) is 20.3 Å². The van der Waals surface area contributed by atoms with Crippen molar-refractivity contribution in [1.29, 1.82) is 0 Å². The highest BCUT2D eigenvalue weighted by Crippen LogP contribution is 2.28. The molecule has 0 radical (unpaired) electrons. The van der Waals surface area contributed by atoms with Crippen molar-refractivity contribution in [2.24, 2.45) is 0 Å². The van der Waals surface area contributed by atoms with Gasteiger partial charge in [-0.1, -0.05) is 36.8 Å². The van der Waals surface area contributed by atoms with Gasteiger partial charge in [-0.3, -0.25) is 4.79 Å². The molecule has 156 valence electrons. The van der Waals surface area contributed by atoms with Gasteiger partial charge in [0.15, 0.2) is 0 Å². The number of aryl methyl sites for hydroxylation is 1.